The van der Waals surface area contributed by atoms with Crippen LogP contribution in [0.1, 0.15) is 35.2 Å². The van der Waals surface area contributed by atoms with Crippen molar-refractivity contribution < 1.29 is 35.9 Å². The van der Waals surface area contributed by atoms with Gasteiger partial charge in [-0.05, 0) is 54.8 Å². The number of sulfonamides is 1. The molecule has 0 aliphatic carbocycles. The van der Waals surface area contributed by atoms with Gasteiger partial charge in [0.1, 0.15) is 6.04 Å². The number of halogens is 3. The zero-order chi connectivity index (χ0) is 30.0. The van der Waals surface area contributed by atoms with Gasteiger partial charge in [0.05, 0.1) is 36.1 Å². The van der Waals surface area contributed by atoms with Crippen molar-refractivity contribution in [3.63, 3.8) is 0 Å². The molecule has 3 rings (SSSR count). The summed E-state index contributed by atoms with van der Waals surface area (Å²) in [4.78, 5) is 27.6. The van der Waals surface area contributed by atoms with Crippen LogP contribution in [0, 0.1) is 16.7 Å². The van der Waals surface area contributed by atoms with E-state index >= 15 is 0 Å². The molecule has 0 radical (unpaired) electrons. The number of benzene rings is 2. The van der Waals surface area contributed by atoms with Gasteiger partial charge in [-0.3, -0.25) is 15.2 Å². The van der Waals surface area contributed by atoms with Gasteiger partial charge in [-0.15, -0.1) is 0 Å². The summed E-state index contributed by atoms with van der Waals surface area (Å²) in [6.07, 6.45) is -3.74. The van der Waals surface area contributed by atoms with Crippen LogP contribution in [0.2, 0.25) is 0 Å². The van der Waals surface area contributed by atoms with Crippen LogP contribution < -0.4 is 15.4 Å². The van der Waals surface area contributed by atoms with E-state index in [0.717, 1.165) is 36.5 Å². The summed E-state index contributed by atoms with van der Waals surface area (Å²) in [5.41, 5.74) is 5.01. The van der Waals surface area contributed by atoms with E-state index in [2.05, 4.69) is 4.72 Å². The van der Waals surface area contributed by atoms with Crippen molar-refractivity contribution in [1.82, 2.24) is 9.62 Å². The second kappa shape index (κ2) is 11.4. The molecule has 11 nitrogen and oxygen atoms in total. The Kier molecular flexibility index (Phi) is 8.56. The van der Waals surface area contributed by atoms with Crippen LogP contribution in [0.5, 0.6) is 0 Å². The Morgan fingerprint density at radius 1 is 1.23 bits per heavy atom. The molecule has 0 aromatic heterocycles. The molecule has 40 heavy (non-hydrogen) atoms. The molecule has 2 amide bonds. The number of amides is 2. The first-order valence-corrected chi connectivity index (χ1v) is 13.4. The highest BCUT2D eigenvalue weighted by atomic mass is 32.2. The lowest BCUT2D eigenvalue weighted by molar-refractivity contribution is -0.138. The Hall–Kier alpha value is -4.42. The normalized spacial score (nSPS) is 16.1. The summed E-state index contributed by atoms with van der Waals surface area (Å²) in [5.74, 6) is -1.60. The fourth-order valence-electron chi connectivity index (χ4n) is 4.40. The topological polar surface area (TPSA) is 170 Å². The largest absolute Gasteiger partial charge is 0.466 e. The van der Waals surface area contributed by atoms with Gasteiger partial charge < -0.3 is 10.5 Å². The van der Waals surface area contributed by atoms with Crippen molar-refractivity contribution in [2.45, 2.75) is 25.6 Å². The van der Waals surface area contributed by atoms with Crippen LogP contribution in [0.15, 0.2) is 53.7 Å². The molecule has 2 aromatic carbocycles. The van der Waals surface area contributed by atoms with Gasteiger partial charge in [0.25, 0.3) is 0 Å². The second-order valence-electron chi connectivity index (χ2n) is 8.75. The van der Waals surface area contributed by atoms with Crippen molar-refractivity contribution in [3.8, 4) is 6.07 Å². The molecule has 0 bridgehead atoms. The summed E-state index contributed by atoms with van der Waals surface area (Å²) in [6, 6.07) is 7.61. The molecule has 0 fully saturated rings. The molecule has 15 heteroatoms. The smallest absolute Gasteiger partial charge is 0.416 e. The lowest BCUT2D eigenvalue weighted by Crippen LogP contribution is -2.55. The van der Waals surface area contributed by atoms with Gasteiger partial charge in [-0.2, -0.15) is 18.4 Å². The lowest BCUT2D eigenvalue weighted by atomic mass is 9.88. The summed E-state index contributed by atoms with van der Waals surface area (Å²) in [6.45, 7) is 1.27. The van der Waals surface area contributed by atoms with Crippen molar-refractivity contribution in [2.24, 2.45) is 5.73 Å². The molecule has 1 atom stereocenters. The molecule has 0 saturated heterocycles. The van der Waals surface area contributed by atoms with Gasteiger partial charge in [-0.25, -0.2) is 22.7 Å². The minimum Gasteiger partial charge on any atom is -0.466 e. The number of nitrogens with two attached hydrogens (primary N) is 1. The van der Waals surface area contributed by atoms with E-state index in [1.807, 2.05) is 6.07 Å². The number of rotatable bonds is 7. The number of urea groups is 1. The van der Waals surface area contributed by atoms with Crippen LogP contribution in [0.25, 0.3) is 0 Å². The lowest BCUT2D eigenvalue weighted by Gasteiger charge is -2.43. The standard InChI is InChI=1S/C25H25F3N6O5S/c1-14-20(22(35)39-2)21(19-8-7-15(13-29)11-16(19)9-10-32-40(3,37)38)34(24(31)36)23(30)33(14)18-6-4-5-17(12-18)25(26,27)28/h4-8,11-12,21,30,32H,9-10H2,1-3H3,(H2,31,36)/t21-/m1/s1. The minimum absolute atomic E-state index is 0.0109. The maximum atomic E-state index is 13.5. The highest BCUT2D eigenvalue weighted by Crippen LogP contribution is 2.42. The van der Waals surface area contributed by atoms with E-state index in [9.17, 15) is 36.4 Å². The van der Waals surface area contributed by atoms with E-state index in [-0.39, 0.29) is 41.1 Å². The number of carbonyl (C=O) groups excluding carboxylic acids is 2. The molecule has 1 aliphatic rings. The SMILES string of the molecule is COC(=O)C1=C(C)N(c2cccc(C(F)(F)F)c2)C(=N)N(C(N)=O)[C@@H]1c1ccc(C#N)cc1CCNS(C)(=O)=O. The molecule has 212 valence electrons. The van der Waals surface area contributed by atoms with Gasteiger partial charge in [0.2, 0.25) is 16.0 Å². The average Bonchev–Trinajstić information content (AvgIpc) is 2.86. The van der Waals surface area contributed by atoms with Crippen LogP contribution in [-0.4, -0.2) is 51.2 Å². The highest BCUT2D eigenvalue weighted by molar-refractivity contribution is 7.88. The number of carbonyl (C=O) groups is 2. The first kappa shape index (κ1) is 30.1. The van der Waals surface area contributed by atoms with Gasteiger partial charge in [-0.1, -0.05) is 12.1 Å². The Balaban J connectivity index is 2.30. The molecule has 0 spiro atoms. The van der Waals surface area contributed by atoms with Gasteiger partial charge in [0, 0.05) is 17.9 Å². The molecule has 0 saturated carbocycles. The Morgan fingerprint density at radius 2 is 1.90 bits per heavy atom. The van der Waals surface area contributed by atoms with E-state index in [4.69, 9.17) is 15.9 Å². The predicted octanol–water partition coefficient (Wildman–Crippen LogP) is 2.99. The number of allylic oxidation sites excluding steroid dienone is 1. The molecule has 4 N–H and O–H groups in total. The third-order valence-electron chi connectivity index (χ3n) is 6.10. The third-order valence-corrected chi connectivity index (χ3v) is 6.82. The molecule has 2 aromatic rings. The maximum absolute atomic E-state index is 13.5. The third kappa shape index (κ3) is 6.24. The fourth-order valence-corrected chi connectivity index (χ4v) is 4.87. The number of hydrogen-bond donors (Lipinski definition) is 3. The first-order valence-electron chi connectivity index (χ1n) is 11.5. The van der Waals surface area contributed by atoms with Gasteiger partial charge >= 0.3 is 18.2 Å². The number of hydrogen-bond acceptors (Lipinski definition) is 7. The molecular formula is C25H25F3N6O5S. The molecule has 1 heterocycles. The Morgan fingerprint density at radius 3 is 2.45 bits per heavy atom. The van der Waals surface area contributed by atoms with Crippen LogP contribution >= 0.6 is 0 Å². The van der Waals surface area contributed by atoms with Crippen molar-refractivity contribution >= 4 is 33.7 Å². The summed E-state index contributed by atoms with van der Waals surface area (Å²) >= 11 is 0. The summed E-state index contributed by atoms with van der Waals surface area (Å²) < 4.78 is 70.8. The summed E-state index contributed by atoms with van der Waals surface area (Å²) in [5, 5.41) is 18.2. The number of nitriles is 1. The van der Waals surface area contributed by atoms with Gasteiger partial charge in [0.15, 0.2) is 0 Å². The van der Waals surface area contributed by atoms with E-state index in [1.54, 1.807) is 0 Å². The number of methoxy groups -OCH3 is 1. The van der Waals surface area contributed by atoms with Crippen LogP contribution in [0.3, 0.4) is 0 Å². The number of guanidine groups is 1. The van der Waals surface area contributed by atoms with Crippen molar-refractivity contribution in [1.29, 1.82) is 10.7 Å². The number of ether oxygens (including phenoxy) is 1. The molecular weight excluding hydrogens is 553 g/mol. The minimum atomic E-state index is -4.71. The molecule has 1 aliphatic heterocycles. The van der Waals surface area contributed by atoms with E-state index in [0.29, 0.717) is 10.5 Å². The predicted molar refractivity (Wildman–Crippen MR) is 138 cm³/mol. The van der Waals surface area contributed by atoms with E-state index < -0.39 is 45.8 Å². The number of nitrogens with zero attached hydrogens (tertiary/aromatic N) is 3. The second-order valence-corrected chi connectivity index (χ2v) is 10.6. The highest BCUT2D eigenvalue weighted by Gasteiger charge is 2.44. The zero-order valence-corrected chi connectivity index (χ0v) is 22.4. The van der Waals surface area contributed by atoms with E-state index in [1.165, 1.54) is 31.2 Å². The number of esters is 1. The quantitative estimate of drug-likeness (QED) is 0.424. The average molecular weight is 579 g/mol. The fraction of sp³-hybridized carbons (Fsp3) is 0.280. The van der Waals surface area contributed by atoms with Crippen molar-refractivity contribution in [3.05, 3.63) is 76.0 Å². The summed E-state index contributed by atoms with van der Waals surface area (Å²) in [7, 11) is -2.51. The van der Waals surface area contributed by atoms with Crippen molar-refractivity contribution in [2.75, 3.05) is 24.8 Å². The first-order chi connectivity index (χ1) is 18.6. The zero-order valence-electron chi connectivity index (χ0n) is 21.5. The van der Waals surface area contributed by atoms with Crippen LogP contribution in [0.4, 0.5) is 23.7 Å². The number of primary amides is 1. The number of alkyl halides is 3. The number of nitrogens with one attached hydrogen (secondary N) is 2. The monoisotopic (exact) mass is 578 g/mol. The number of anilines is 1. The maximum Gasteiger partial charge on any atom is 0.416 e. The molecule has 0 unspecified atom stereocenters. The Bertz CT molecular complexity index is 1550. The van der Waals surface area contributed by atoms with Crippen LogP contribution in [-0.2, 0) is 32.2 Å². The Labute approximate surface area is 228 Å².